The number of anilines is 2. The van der Waals surface area contributed by atoms with E-state index in [-0.39, 0.29) is 28.2 Å². The molecular formula is C24H25N5O5S2. The first-order valence-electron chi connectivity index (χ1n) is 11.6. The summed E-state index contributed by atoms with van der Waals surface area (Å²) in [4.78, 5) is 41.7. The summed E-state index contributed by atoms with van der Waals surface area (Å²) in [6, 6.07) is 7.77. The van der Waals surface area contributed by atoms with Gasteiger partial charge < -0.3 is 26.3 Å². The topological polar surface area (TPSA) is 150 Å². The van der Waals surface area contributed by atoms with Gasteiger partial charge in [0.1, 0.15) is 18.1 Å². The Morgan fingerprint density at radius 1 is 1.11 bits per heavy atom. The molecule has 188 valence electrons. The van der Waals surface area contributed by atoms with Gasteiger partial charge in [0.15, 0.2) is 23.2 Å². The monoisotopic (exact) mass is 527 g/mol. The van der Waals surface area contributed by atoms with Crippen LogP contribution in [0.1, 0.15) is 56.8 Å². The van der Waals surface area contributed by atoms with Gasteiger partial charge in [0.2, 0.25) is 5.91 Å². The van der Waals surface area contributed by atoms with E-state index in [9.17, 15) is 14.4 Å². The van der Waals surface area contributed by atoms with Crippen LogP contribution < -0.4 is 31.2 Å². The molecule has 2 aromatic heterocycles. The molecular weight excluding hydrogens is 502 g/mol. The van der Waals surface area contributed by atoms with Gasteiger partial charge in [-0.25, -0.2) is 0 Å². The molecule has 3 aromatic rings. The number of nitrogens with one attached hydrogen (secondary N) is 1. The third-order valence-electron chi connectivity index (χ3n) is 6.20. The van der Waals surface area contributed by atoms with Crippen molar-refractivity contribution in [2.45, 2.75) is 37.8 Å². The zero-order chi connectivity index (χ0) is 25.2. The Hall–Kier alpha value is -3.64. The standard InChI is InChI=1S/C24H25N5O5S2/c25-18-19(22(26)30)28-36-21(18)24(32)29(14-7-8-15-16(12-14)34-10-9-33-15)20(17-6-3-11-35-17)23(31)27-13-4-1-2-5-13/h3,6-8,11-13,20H,1-2,4-5,9-10,25H2,(H2,26,30)(H,27,31)/t20-/m1/s1. The predicted molar refractivity (Wildman–Crippen MR) is 137 cm³/mol. The highest BCUT2D eigenvalue weighted by Crippen LogP contribution is 2.39. The summed E-state index contributed by atoms with van der Waals surface area (Å²) in [5.74, 6) is -0.691. The molecule has 2 aliphatic rings. The smallest absolute Gasteiger partial charge is 0.273 e. The normalized spacial score (nSPS) is 15.9. The molecule has 0 spiro atoms. The van der Waals surface area contributed by atoms with Crippen molar-refractivity contribution in [3.05, 3.63) is 51.2 Å². The molecule has 0 radical (unpaired) electrons. The SMILES string of the molecule is NC(=O)c1nsc(C(=O)N(c2ccc3c(c2)OCCO3)[C@@H](C(=O)NC2CCCC2)c2cccs2)c1N. The first-order valence-corrected chi connectivity index (χ1v) is 13.2. The quantitative estimate of drug-likeness (QED) is 0.427. The summed E-state index contributed by atoms with van der Waals surface area (Å²) < 4.78 is 15.4. The number of rotatable bonds is 7. The molecule has 3 amide bonds. The molecule has 5 N–H and O–H groups in total. The number of nitrogen functional groups attached to an aromatic ring is 1. The first kappa shape index (κ1) is 24.1. The lowest BCUT2D eigenvalue weighted by molar-refractivity contribution is -0.123. The van der Waals surface area contributed by atoms with Crippen LogP contribution in [-0.4, -0.2) is 41.4 Å². The van der Waals surface area contributed by atoms with Crippen molar-refractivity contribution in [1.29, 1.82) is 0 Å². The van der Waals surface area contributed by atoms with Crippen molar-refractivity contribution in [3.8, 4) is 11.5 Å². The van der Waals surface area contributed by atoms with Gasteiger partial charge in [-0.15, -0.1) is 11.3 Å². The summed E-state index contributed by atoms with van der Waals surface area (Å²) >= 11 is 2.14. The number of fused-ring (bicyclic) bond motifs is 1. The van der Waals surface area contributed by atoms with E-state index >= 15 is 0 Å². The lowest BCUT2D eigenvalue weighted by Gasteiger charge is -2.32. The number of nitrogens with zero attached hydrogens (tertiary/aromatic N) is 2. The minimum absolute atomic E-state index is 0.0221. The van der Waals surface area contributed by atoms with E-state index in [1.807, 2.05) is 17.5 Å². The van der Waals surface area contributed by atoms with E-state index in [1.165, 1.54) is 16.2 Å². The van der Waals surface area contributed by atoms with Crippen molar-refractivity contribution in [2.24, 2.45) is 5.73 Å². The molecule has 1 atom stereocenters. The van der Waals surface area contributed by atoms with Crippen LogP contribution in [0, 0.1) is 0 Å². The third kappa shape index (κ3) is 4.61. The van der Waals surface area contributed by atoms with E-state index in [4.69, 9.17) is 20.9 Å². The Morgan fingerprint density at radius 2 is 1.86 bits per heavy atom. The van der Waals surface area contributed by atoms with Gasteiger partial charge in [0, 0.05) is 22.7 Å². The van der Waals surface area contributed by atoms with Crippen LogP contribution >= 0.6 is 22.9 Å². The second-order valence-corrected chi connectivity index (χ2v) is 10.3. The second-order valence-electron chi connectivity index (χ2n) is 8.55. The van der Waals surface area contributed by atoms with E-state index in [2.05, 4.69) is 9.69 Å². The highest BCUT2D eigenvalue weighted by Gasteiger charge is 2.38. The van der Waals surface area contributed by atoms with Crippen LogP contribution in [0.3, 0.4) is 0 Å². The molecule has 5 rings (SSSR count). The number of primary amides is 1. The Balaban J connectivity index is 1.61. The van der Waals surface area contributed by atoms with Crippen molar-refractivity contribution < 1.29 is 23.9 Å². The van der Waals surface area contributed by atoms with E-state index < -0.39 is 17.9 Å². The van der Waals surface area contributed by atoms with Gasteiger partial charge in [-0.05, 0) is 48.0 Å². The summed E-state index contributed by atoms with van der Waals surface area (Å²) in [5, 5.41) is 4.98. The van der Waals surface area contributed by atoms with Crippen LogP contribution in [0.2, 0.25) is 0 Å². The molecule has 1 aliphatic heterocycles. The van der Waals surface area contributed by atoms with Gasteiger partial charge in [0.25, 0.3) is 11.8 Å². The van der Waals surface area contributed by atoms with Gasteiger partial charge in [-0.2, -0.15) is 4.37 Å². The minimum atomic E-state index is -0.987. The van der Waals surface area contributed by atoms with Crippen LogP contribution in [0.25, 0.3) is 0 Å². The molecule has 1 aliphatic carbocycles. The maximum Gasteiger partial charge on any atom is 0.273 e. The number of carbonyl (C=O) groups excluding carboxylic acids is 3. The van der Waals surface area contributed by atoms with Crippen LogP contribution in [0.4, 0.5) is 11.4 Å². The first-order chi connectivity index (χ1) is 17.4. The van der Waals surface area contributed by atoms with Crippen LogP contribution in [0.15, 0.2) is 35.7 Å². The fourth-order valence-corrected chi connectivity index (χ4v) is 6.03. The fraction of sp³-hybridized carbons (Fsp3) is 0.333. The zero-order valence-electron chi connectivity index (χ0n) is 19.3. The molecule has 1 aromatic carbocycles. The minimum Gasteiger partial charge on any atom is -0.486 e. The number of carbonyl (C=O) groups is 3. The lowest BCUT2D eigenvalue weighted by atomic mass is 10.1. The second kappa shape index (κ2) is 10.2. The van der Waals surface area contributed by atoms with E-state index in [0.717, 1.165) is 37.2 Å². The van der Waals surface area contributed by atoms with Gasteiger partial charge >= 0.3 is 0 Å². The average Bonchev–Trinajstić information content (AvgIpc) is 3.64. The number of aromatic nitrogens is 1. The van der Waals surface area contributed by atoms with Gasteiger partial charge in [0.05, 0.1) is 5.69 Å². The summed E-state index contributed by atoms with van der Waals surface area (Å²) in [6.45, 7) is 0.786. The molecule has 1 fully saturated rings. The Morgan fingerprint density at radius 3 is 2.53 bits per heavy atom. The molecule has 0 saturated heterocycles. The number of ether oxygens (including phenoxy) is 2. The van der Waals surface area contributed by atoms with Crippen molar-refractivity contribution >= 4 is 52.0 Å². The van der Waals surface area contributed by atoms with Crippen molar-refractivity contribution in [3.63, 3.8) is 0 Å². The van der Waals surface area contributed by atoms with Gasteiger partial charge in [-0.1, -0.05) is 18.9 Å². The fourth-order valence-electron chi connectivity index (χ4n) is 4.47. The average molecular weight is 528 g/mol. The van der Waals surface area contributed by atoms with Crippen LogP contribution in [-0.2, 0) is 4.79 Å². The van der Waals surface area contributed by atoms with Gasteiger partial charge in [-0.3, -0.25) is 19.3 Å². The summed E-state index contributed by atoms with van der Waals surface area (Å²) in [5.41, 5.74) is 11.6. The molecule has 3 heterocycles. The van der Waals surface area contributed by atoms with E-state index in [1.54, 1.807) is 18.2 Å². The highest BCUT2D eigenvalue weighted by atomic mass is 32.1. The van der Waals surface area contributed by atoms with Crippen molar-refractivity contribution in [2.75, 3.05) is 23.8 Å². The number of thiophene rings is 1. The molecule has 1 saturated carbocycles. The third-order valence-corrected chi connectivity index (χ3v) is 7.97. The molecule has 0 unspecified atom stereocenters. The summed E-state index contributed by atoms with van der Waals surface area (Å²) in [7, 11) is 0. The number of benzene rings is 1. The Kier molecular flexibility index (Phi) is 6.79. The van der Waals surface area contributed by atoms with Crippen LogP contribution in [0.5, 0.6) is 11.5 Å². The maximum absolute atomic E-state index is 14.1. The Bertz CT molecular complexity index is 1290. The largest absolute Gasteiger partial charge is 0.486 e. The highest BCUT2D eigenvalue weighted by molar-refractivity contribution is 7.10. The number of hydrogen-bond donors (Lipinski definition) is 3. The molecule has 36 heavy (non-hydrogen) atoms. The maximum atomic E-state index is 14.1. The summed E-state index contributed by atoms with van der Waals surface area (Å²) in [6.07, 6.45) is 3.88. The predicted octanol–water partition coefficient (Wildman–Crippen LogP) is 3.10. The van der Waals surface area contributed by atoms with E-state index in [0.29, 0.717) is 35.3 Å². The molecule has 0 bridgehead atoms. The lowest BCUT2D eigenvalue weighted by Crippen LogP contribution is -2.46. The number of amides is 3. The molecule has 12 heteroatoms. The number of nitrogens with two attached hydrogens (primary N) is 2. The molecule has 10 nitrogen and oxygen atoms in total. The zero-order valence-corrected chi connectivity index (χ0v) is 20.9. The Labute approximate surface area is 215 Å². The van der Waals surface area contributed by atoms with Crippen molar-refractivity contribution in [1.82, 2.24) is 9.69 Å². The number of hydrogen-bond acceptors (Lipinski definition) is 9.